The number of halogens is 2. The number of anilines is 1. The molecule has 0 radical (unpaired) electrons. The van der Waals surface area contributed by atoms with Crippen molar-refractivity contribution in [1.82, 2.24) is 19.5 Å². The van der Waals surface area contributed by atoms with Crippen LogP contribution in [0.5, 0.6) is 0 Å². The van der Waals surface area contributed by atoms with Crippen molar-refractivity contribution in [3.05, 3.63) is 58.2 Å². The highest BCUT2D eigenvalue weighted by Gasteiger charge is 2.56. The highest BCUT2D eigenvalue weighted by atomic mass is 79.9. The van der Waals surface area contributed by atoms with E-state index in [4.69, 9.17) is 11.6 Å². The third-order valence-electron chi connectivity index (χ3n) is 7.49. The fourth-order valence-electron chi connectivity index (χ4n) is 5.69. The van der Waals surface area contributed by atoms with Crippen LogP contribution in [0.15, 0.2) is 47.3 Å². The zero-order valence-corrected chi connectivity index (χ0v) is 20.3. The third-order valence-corrected chi connectivity index (χ3v) is 8.61. The lowest BCUT2D eigenvalue weighted by atomic mass is 9.83. The molecule has 4 unspecified atom stereocenters. The summed E-state index contributed by atoms with van der Waals surface area (Å²) in [5.74, 6) is 0. The molecule has 1 saturated heterocycles. The van der Waals surface area contributed by atoms with Gasteiger partial charge < -0.3 is 19.7 Å². The zero-order chi connectivity index (χ0) is 22.9. The molecule has 33 heavy (non-hydrogen) atoms. The summed E-state index contributed by atoms with van der Waals surface area (Å²) >= 11 is 9.63. The fraction of sp³-hybridized carbons (Fsp3) is 0.375. The van der Waals surface area contributed by atoms with E-state index in [1.807, 2.05) is 42.0 Å². The number of hydrogen-bond donors (Lipinski definition) is 2. The lowest BCUT2D eigenvalue weighted by Crippen LogP contribution is -2.38. The molecule has 7 nitrogen and oxygen atoms in total. The van der Waals surface area contributed by atoms with Gasteiger partial charge in [-0.2, -0.15) is 0 Å². The predicted molar refractivity (Wildman–Crippen MR) is 132 cm³/mol. The van der Waals surface area contributed by atoms with Gasteiger partial charge in [0.05, 0.1) is 27.8 Å². The molecule has 0 bridgehead atoms. The van der Waals surface area contributed by atoms with E-state index in [0.29, 0.717) is 18.1 Å². The first-order valence-electron chi connectivity index (χ1n) is 11.0. The van der Waals surface area contributed by atoms with Gasteiger partial charge in [-0.1, -0.05) is 17.7 Å². The maximum Gasteiger partial charge on any atom is 0.143 e. The SMILES string of the molecule is Cc1ncnc2c1ccn2C1CC2(CCN(c3ccc4cc(Br)c(Cl)nc4c3)C2)C(O)C1O. The van der Waals surface area contributed by atoms with Crippen molar-refractivity contribution in [2.75, 3.05) is 18.0 Å². The smallest absolute Gasteiger partial charge is 0.143 e. The summed E-state index contributed by atoms with van der Waals surface area (Å²) in [6, 6.07) is 9.88. The van der Waals surface area contributed by atoms with Crippen molar-refractivity contribution in [2.24, 2.45) is 5.41 Å². The van der Waals surface area contributed by atoms with E-state index in [2.05, 4.69) is 41.8 Å². The minimum atomic E-state index is -0.856. The standard InChI is InChI=1S/C24H23BrClN5O2/c1-13-16-4-6-31(23(16)28-12-27-13)19-10-24(21(33)20(19)32)5-7-30(11-24)15-3-2-14-8-17(25)22(26)29-18(14)9-15/h2-4,6,8-9,12,19-21,32-33H,5,7,10-11H2,1H3. The normalized spacial score (nSPS) is 27.4. The highest BCUT2D eigenvalue weighted by molar-refractivity contribution is 9.10. The van der Waals surface area contributed by atoms with Gasteiger partial charge >= 0.3 is 0 Å². The summed E-state index contributed by atoms with van der Waals surface area (Å²) in [6.07, 6.45) is 3.33. The summed E-state index contributed by atoms with van der Waals surface area (Å²) in [5.41, 5.74) is 3.20. The van der Waals surface area contributed by atoms with E-state index in [9.17, 15) is 10.2 Å². The van der Waals surface area contributed by atoms with Crippen LogP contribution >= 0.6 is 27.5 Å². The predicted octanol–water partition coefficient (Wildman–Crippen LogP) is 4.27. The van der Waals surface area contributed by atoms with Crippen LogP contribution in [-0.4, -0.2) is 55.0 Å². The quantitative estimate of drug-likeness (QED) is 0.378. The minimum absolute atomic E-state index is 0.235. The number of rotatable bonds is 2. The van der Waals surface area contributed by atoms with Gasteiger partial charge in [-0.3, -0.25) is 0 Å². The first kappa shape index (κ1) is 21.3. The van der Waals surface area contributed by atoms with Gasteiger partial charge in [0, 0.05) is 41.2 Å². The Morgan fingerprint density at radius 1 is 1.18 bits per heavy atom. The van der Waals surface area contributed by atoms with Gasteiger partial charge in [0.1, 0.15) is 23.2 Å². The molecule has 2 N–H and O–H groups in total. The van der Waals surface area contributed by atoms with Crippen molar-refractivity contribution in [1.29, 1.82) is 0 Å². The Kier molecular flexibility index (Phi) is 4.92. The van der Waals surface area contributed by atoms with Crippen LogP contribution in [0.3, 0.4) is 0 Å². The molecule has 4 atom stereocenters. The van der Waals surface area contributed by atoms with Crippen LogP contribution in [0.2, 0.25) is 5.15 Å². The number of benzene rings is 1. The Hall–Kier alpha value is -2.26. The third kappa shape index (κ3) is 3.26. The van der Waals surface area contributed by atoms with E-state index in [1.165, 1.54) is 0 Å². The number of aryl methyl sites for hydroxylation is 1. The first-order chi connectivity index (χ1) is 15.9. The van der Waals surface area contributed by atoms with Crippen molar-refractivity contribution in [2.45, 2.75) is 38.0 Å². The second-order valence-corrected chi connectivity index (χ2v) is 10.5. The summed E-state index contributed by atoms with van der Waals surface area (Å²) in [5, 5.41) is 24.7. The number of hydrogen-bond acceptors (Lipinski definition) is 6. The maximum absolute atomic E-state index is 11.2. The molecule has 6 rings (SSSR count). The van der Waals surface area contributed by atoms with Crippen LogP contribution < -0.4 is 4.90 Å². The second-order valence-electron chi connectivity index (χ2n) is 9.30. The monoisotopic (exact) mass is 527 g/mol. The molecule has 1 aromatic carbocycles. The number of nitrogens with zero attached hydrogens (tertiary/aromatic N) is 5. The molecule has 170 valence electrons. The summed E-state index contributed by atoms with van der Waals surface area (Å²) < 4.78 is 2.78. The number of aliphatic hydroxyl groups is 2. The van der Waals surface area contributed by atoms with Gasteiger partial charge in [0.2, 0.25) is 0 Å². The van der Waals surface area contributed by atoms with E-state index in [0.717, 1.165) is 50.8 Å². The number of pyridine rings is 1. The van der Waals surface area contributed by atoms with E-state index < -0.39 is 12.2 Å². The summed E-state index contributed by atoms with van der Waals surface area (Å²) in [7, 11) is 0. The van der Waals surface area contributed by atoms with E-state index >= 15 is 0 Å². The Balaban J connectivity index is 1.30. The lowest BCUT2D eigenvalue weighted by molar-refractivity contribution is -0.0204. The molecule has 1 aliphatic heterocycles. The summed E-state index contributed by atoms with van der Waals surface area (Å²) in [4.78, 5) is 15.5. The molecule has 1 aliphatic carbocycles. The molecule has 1 saturated carbocycles. The van der Waals surface area contributed by atoms with Crippen molar-refractivity contribution in [3.63, 3.8) is 0 Å². The van der Waals surface area contributed by atoms with Crippen molar-refractivity contribution >= 4 is 55.2 Å². The number of fused-ring (bicyclic) bond motifs is 2. The molecule has 2 aliphatic rings. The molecule has 3 aromatic heterocycles. The Bertz CT molecular complexity index is 1390. The molecule has 4 heterocycles. The number of aliphatic hydroxyl groups excluding tert-OH is 2. The first-order valence-corrected chi connectivity index (χ1v) is 12.2. The Labute approximate surface area is 204 Å². The maximum atomic E-state index is 11.2. The van der Waals surface area contributed by atoms with E-state index in [-0.39, 0.29) is 11.5 Å². The van der Waals surface area contributed by atoms with Gasteiger partial charge in [-0.15, -0.1) is 0 Å². The molecule has 1 spiro atoms. The van der Waals surface area contributed by atoms with Crippen molar-refractivity contribution in [3.8, 4) is 0 Å². The van der Waals surface area contributed by atoms with Gasteiger partial charge in [0.15, 0.2) is 0 Å². The lowest BCUT2D eigenvalue weighted by Gasteiger charge is -2.29. The Morgan fingerprint density at radius 3 is 2.88 bits per heavy atom. The average Bonchev–Trinajstić information content (AvgIpc) is 3.48. The van der Waals surface area contributed by atoms with Crippen LogP contribution in [0.1, 0.15) is 24.6 Å². The van der Waals surface area contributed by atoms with Crippen molar-refractivity contribution < 1.29 is 10.2 Å². The van der Waals surface area contributed by atoms with Gasteiger partial charge in [0.25, 0.3) is 0 Å². The van der Waals surface area contributed by atoms with Crippen LogP contribution in [-0.2, 0) is 0 Å². The molecule has 2 fully saturated rings. The highest BCUT2D eigenvalue weighted by Crippen LogP contribution is 2.51. The molecular weight excluding hydrogens is 506 g/mol. The minimum Gasteiger partial charge on any atom is -0.390 e. The zero-order valence-electron chi connectivity index (χ0n) is 18.0. The van der Waals surface area contributed by atoms with Crippen LogP contribution in [0.25, 0.3) is 21.9 Å². The van der Waals surface area contributed by atoms with E-state index in [1.54, 1.807) is 6.33 Å². The number of aromatic nitrogens is 4. The molecule has 9 heteroatoms. The topological polar surface area (TPSA) is 87.3 Å². The van der Waals surface area contributed by atoms with Gasteiger partial charge in [-0.05, 0) is 60.0 Å². The Morgan fingerprint density at radius 2 is 2.03 bits per heavy atom. The van der Waals surface area contributed by atoms with Gasteiger partial charge in [-0.25, -0.2) is 15.0 Å². The fourth-order valence-corrected chi connectivity index (χ4v) is 6.17. The average molecular weight is 529 g/mol. The van der Waals surface area contributed by atoms with Crippen LogP contribution in [0.4, 0.5) is 5.69 Å². The largest absolute Gasteiger partial charge is 0.390 e. The molecule has 4 aromatic rings. The van der Waals surface area contributed by atoms with Crippen LogP contribution in [0, 0.1) is 12.3 Å². The second kappa shape index (κ2) is 7.63. The molecular formula is C24H23BrClN5O2. The summed E-state index contributed by atoms with van der Waals surface area (Å²) in [6.45, 7) is 3.43. The molecule has 0 amide bonds.